The number of hydrogen-bond acceptors (Lipinski definition) is 3. The molecule has 0 fully saturated rings. The van der Waals surface area contributed by atoms with Crippen LogP contribution in [0.15, 0.2) is 229 Å². The highest BCUT2D eigenvalue weighted by molar-refractivity contribution is 7.25. The number of hydrogen-bond donors (Lipinski definition) is 1. The van der Waals surface area contributed by atoms with Crippen molar-refractivity contribution in [3.05, 3.63) is 241 Å². The van der Waals surface area contributed by atoms with Gasteiger partial charge in [-0.3, -0.25) is 4.99 Å². The minimum atomic E-state index is 0.723. The molecule has 1 N–H and O–H groups in total. The van der Waals surface area contributed by atoms with Crippen LogP contribution in [0.3, 0.4) is 0 Å². The first-order valence-corrected chi connectivity index (χ1v) is 21.3. The number of aliphatic imine (C=N–C) groups is 1. The van der Waals surface area contributed by atoms with E-state index in [-0.39, 0.29) is 0 Å². The van der Waals surface area contributed by atoms with Crippen molar-refractivity contribution in [2.45, 2.75) is 13.5 Å². The summed E-state index contributed by atoms with van der Waals surface area (Å²) in [7, 11) is 0. The van der Waals surface area contributed by atoms with Gasteiger partial charge in [-0.05, 0) is 105 Å². The van der Waals surface area contributed by atoms with Crippen molar-refractivity contribution >= 4 is 44.4 Å². The average molecular weight is 803 g/mol. The maximum Gasteiger partial charge on any atom is 0.0632 e. The van der Waals surface area contributed by atoms with E-state index in [4.69, 9.17) is 5.41 Å². The van der Waals surface area contributed by atoms with Crippen molar-refractivity contribution in [2.75, 3.05) is 0 Å². The molecule has 0 aliphatic rings. The van der Waals surface area contributed by atoms with E-state index < -0.39 is 0 Å². The lowest BCUT2D eigenvalue weighted by Gasteiger charge is -2.17. The summed E-state index contributed by atoms with van der Waals surface area (Å²) in [5, 5.41) is 10.4. The number of benzene rings is 9. The Bertz CT molecular complexity index is 3020. The number of thiophene rings is 1. The average Bonchev–Trinajstić information content (AvgIpc) is 3.72. The largest absolute Gasteiger partial charge is 0.308 e. The standard InChI is InChI=1S/C37H25NS.C13H12.C8H9N/c38-24-30-16-8-19-35-37(30)33-23-29(20-21-34(33)39-35)32-18-9-17-31(36(32)26-12-5-2-6-13-26)28-15-7-14-27(22-28)25-10-3-1-4-11-25;1-11-7-5-6-10-13(11)12-8-3-2-4-9-12;1-9-7-8-5-3-2-4-6-8/h1-24,38H;2-10H,1H3;2-6H,1,7H2. The highest BCUT2D eigenvalue weighted by atomic mass is 32.1. The quantitative estimate of drug-likeness (QED) is 0.149. The Morgan fingerprint density at radius 2 is 0.984 bits per heavy atom. The van der Waals surface area contributed by atoms with Crippen molar-refractivity contribution in [1.29, 1.82) is 5.41 Å². The molecule has 0 unspecified atom stereocenters. The number of nitrogens with one attached hydrogen (secondary N) is 1. The van der Waals surface area contributed by atoms with E-state index >= 15 is 0 Å². The minimum absolute atomic E-state index is 0.723. The van der Waals surface area contributed by atoms with Gasteiger partial charge >= 0.3 is 0 Å². The number of fused-ring (bicyclic) bond motifs is 3. The van der Waals surface area contributed by atoms with Crippen LogP contribution in [0.1, 0.15) is 16.7 Å². The van der Waals surface area contributed by atoms with Gasteiger partial charge in [0.15, 0.2) is 0 Å². The molecule has 61 heavy (non-hydrogen) atoms. The third-order valence-corrected chi connectivity index (χ3v) is 11.9. The summed E-state index contributed by atoms with van der Waals surface area (Å²) < 4.78 is 2.47. The topological polar surface area (TPSA) is 36.2 Å². The summed E-state index contributed by atoms with van der Waals surface area (Å²) >= 11 is 1.79. The molecule has 0 aliphatic heterocycles. The van der Waals surface area contributed by atoms with Gasteiger partial charge in [0, 0.05) is 32.0 Å². The summed E-state index contributed by atoms with van der Waals surface area (Å²) in [5.41, 5.74) is 15.8. The molecule has 0 aliphatic carbocycles. The van der Waals surface area contributed by atoms with Gasteiger partial charge in [0.05, 0.1) is 6.54 Å². The van der Waals surface area contributed by atoms with Gasteiger partial charge in [0.25, 0.3) is 0 Å². The third kappa shape index (κ3) is 9.39. The van der Waals surface area contributed by atoms with Crippen LogP contribution in [-0.2, 0) is 6.54 Å². The fraction of sp³-hybridized carbons (Fsp3) is 0.0345. The fourth-order valence-corrected chi connectivity index (χ4v) is 8.94. The van der Waals surface area contributed by atoms with E-state index in [0.29, 0.717) is 0 Å². The molecule has 1 aromatic heterocycles. The Kier molecular flexibility index (Phi) is 12.9. The number of rotatable bonds is 8. The van der Waals surface area contributed by atoms with Crippen molar-refractivity contribution < 1.29 is 0 Å². The van der Waals surface area contributed by atoms with Crippen molar-refractivity contribution in [1.82, 2.24) is 0 Å². The van der Waals surface area contributed by atoms with E-state index in [1.807, 2.05) is 48.5 Å². The molecular formula is C58H46N2S. The summed E-state index contributed by atoms with van der Waals surface area (Å²) in [5.74, 6) is 0. The van der Waals surface area contributed by atoms with Crippen LogP contribution in [-0.4, -0.2) is 12.9 Å². The predicted octanol–water partition coefficient (Wildman–Crippen LogP) is 16.3. The lowest BCUT2D eigenvalue weighted by atomic mass is 9.86. The summed E-state index contributed by atoms with van der Waals surface area (Å²) in [4.78, 5) is 3.76. The molecule has 10 rings (SSSR count). The number of aryl methyl sites for hydroxylation is 1. The Morgan fingerprint density at radius 3 is 1.64 bits per heavy atom. The molecule has 0 radical (unpaired) electrons. The van der Waals surface area contributed by atoms with Gasteiger partial charge in [-0.1, -0.05) is 200 Å². The van der Waals surface area contributed by atoms with E-state index in [9.17, 15) is 0 Å². The predicted molar refractivity (Wildman–Crippen MR) is 265 cm³/mol. The van der Waals surface area contributed by atoms with Crippen LogP contribution in [0.25, 0.3) is 75.8 Å². The van der Waals surface area contributed by atoms with E-state index in [1.54, 1.807) is 11.3 Å². The summed E-state index contributed by atoms with van der Waals surface area (Å²) in [6, 6.07) is 78.8. The molecule has 294 valence electrons. The van der Waals surface area contributed by atoms with Gasteiger partial charge in [-0.15, -0.1) is 11.3 Å². The van der Waals surface area contributed by atoms with Gasteiger partial charge in [0.1, 0.15) is 0 Å². The lowest BCUT2D eigenvalue weighted by Crippen LogP contribution is -1.91. The zero-order chi connectivity index (χ0) is 41.8. The first-order valence-electron chi connectivity index (χ1n) is 20.5. The Balaban J connectivity index is 0.000000190. The molecule has 0 bridgehead atoms. The van der Waals surface area contributed by atoms with Crippen LogP contribution in [0.2, 0.25) is 0 Å². The molecule has 0 saturated carbocycles. The second-order valence-electron chi connectivity index (χ2n) is 14.8. The SMILES string of the molecule is C=NCc1ccccc1.Cc1ccccc1-c1ccccc1.N=Cc1cccc2sc3ccc(-c4cccc(-c5cccc(-c6ccccc6)c5)c4-c4ccccc4)cc3c12. The van der Waals surface area contributed by atoms with Crippen LogP contribution in [0, 0.1) is 12.3 Å². The van der Waals surface area contributed by atoms with Crippen LogP contribution < -0.4 is 0 Å². The van der Waals surface area contributed by atoms with Gasteiger partial charge < -0.3 is 5.41 Å². The maximum atomic E-state index is 7.99. The van der Waals surface area contributed by atoms with E-state index in [1.165, 1.54) is 93.1 Å². The van der Waals surface area contributed by atoms with E-state index in [2.05, 4.69) is 195 Å². The molecule has 0 saturated heterocycles. The molecule has 10 aromatic rings. The smallest absolute Gasteiger partial charge is 0.0632 e. The monoisotopic (exact) mass is 802 g/mol. The second kappa shape index (κ2) is 19.5. The molecule has 1 heterocycles. The highest BCUT2D eigenvalue weighted by Crippen LogP contribution is 2.43. The van der Waals surface area contributed by atoms with Crippen molar-refractivity contribution in [2.24, 2.45) is 4.99 Å². The van der Waals surface area contributed by atoms with Crippen LogP contribution >= 0.6 is 11.3 Å². The zero-order valence-electron chi connectivity index (χ0n) is 34.2. The lowest BCUT2D eigenvalue weighted by molar-refractivity contribution is 1.08. The Labute approximate surface area is 363 Å². The summed E-state index contributed by atoms with van der Waals surface area (Å²) in [6.45, 7) is 6.27. The molecule has 0 amide bonds. The maximum absolute atomic E-state index is 7.99. The zero-order valence-corrected chi connectivity index (χ0v) is 35.0. The fourth-order valence-electron chi connectivity index (χ4n) is 7.82. The molecule has 0 spiro atoms. The van der Waals surface area contributed by atoms with E-state index in [0.717, 1.165) is 12.1 Å². The minimum Gasteiger partial charge on any atom is -0.308 e. The molecule has 3 heteroatoms. The highest BCUT2D eigenvalue weighted by Gasteiger charge is 2.16. The Morgan fingerprint density at radius 1 is 0.459 bits per heavy atom. The summed E-state index contributed by atoms with van der Waals surface area (Å²) in [6.07, 6.45) is 1.47. The van der Waals surface area contributed by atoms with Crippen LogP contribution in [0.5, 0.6) is 0 Å². The Hall–Kier alpha value is -7.46. The molecule has 9 aromatic carbocycles. The van der Waals surface area contributed by atoms with Crippen LogP contribution in [0.4, 0.5) is 0 Å². The third-order valence-electron chi connectivity index (χ3n) is 10.8. The molecule has 0 atom stereocenters. The molecule has 2 nitrogen and oxygen atoms in total. The van der Waals surface area contributed by atoms with Gasteiger partial charge in [0.2, 0.25) is 0 Å². The van der Waals surface area contributed by atoms with Gasteiger partial charge in [-0.25, -0.2) is 0 Å². The molecular weight excluding hydrogens is 757 g/mol. The number of nitrogens with zero attached hydrogens (tertiary/aromatic N) is 1. The first-order chi connectivity index (χ1) is 30.1. The van der Waals surface area contributed by atoms with Gasteiger partial charge in [-0.2, -0.15) is 0 Å². The second-order valence-corrected chi connectivity index (χ2v) is 15.9. The van der Waals surface area contributed by atoms with Crippen molar-refractivity contribution in [3.63, 3.8) is 0 Å². The first kappa shape index (κ1) is 40.3. The van der Waals surface area contributed by atoms with Crippen molar-refractivity contribution in [3.8, 4) is 55.6 Å². The normalized spacial score (nSPS) is 10.6.